The highest BCUT2D eigenvalue weighted by Gasteiger charge is 2.32. The van der Waals surface area contributed by atoms with Crippen molar-refractivity contribution in [3.63, 3.8) is 0 Å². The van der Waals surface area contributed by atoms with Gasteiger partial charge in [-0.15, -0.1) is 0 Å². The van der Waals surface area contributed by atoms with Crippen LogP contribution in [0.15, 0.2) is 0 Å². The van der Waals surface area contributed by atoms with E-state index >= 15 is 0 Å². The number of nitrogens with one attached hydrogen (secondary N) is 2. The second-order valence-electron chi connectivity index (χ2n) is 8.46. The Balaban J connectivity index is 1.49. The van der Waals surface area contributed by atoms with Crippen LogP contribution in [-0.2, 0) is 4.79 Å². The Labute approximate surface area is 157 Å². The van der Waals surface area contributed by atoms with Gasteiger partial charge in [0.1, 0.15) is 0 Å². The number of carbonyl (C=O) groups is 2. The number of piperidine rings is 1. The van der Waals surface area contributed by atoms with Gasteiger partial charge in [0.25, 0.3) is 0 Å². The van der Waals surface area contributed by atoms with Crippen molar-refractivity contribution in [2.45, 2.75) is 82.7 Å². The summed E-state index contributed by atoms with van der Waals surface area (Å²) in [5.74, 6) is 0.503. The molecule has 0 radical (unpaired) electrons. The van der Waals surface area contributed by atoms with E-state index < -0.39 is 0 Å². The minimum atomic E-state index is -0.101. The summed E-state index contributed by atoms with van der Waals surface area (Å²) in [4.78, 5) is 27.1. The molecule has 6 heteroatoms. The maximum absolute atomic E-state index is 12.8. The number of urea groups is 1. The first-order valence-electron chi connectivity index (χ1n) is 10.7. The summed E-state index contributed by atoms with van der Waals surface area (Å²) in [7, 11) is 0. The molecule has 0 bridgehead atoms. The molecule has 1 saturated heterocycles. The zero-order valence-corrected chi connectivity index (χ0v) is 16.0. The summed E-state index contributed by atoms with van der Waals surface area (Å²) in [6.45, 7) is 1.80. The van der Waals surface area contributed by atoms with Crippen molar-refractivity contribution in [1.29, 1.82) is 0 Å². The van der Waals surface area contributed by atoms with Gasteiger partial charge in [-0.1, -0.05) is 32.1 Å². The second kappa shape index (κ2) is 9.58. The van der Waals surface area contributed by atoms with Gasteiger partial charge >= 0.3 is 6.03 Å². The molecule has 2 saturated carbocycles. The summed E-state index contributed by atoms with van der Waals surface area (Å²) in [5.41, 5.74) is 5.96. The molecule has 3 aliphatic rings. The first-order valence-corrected chi connectivity index (χ1v) is 10.7. The Morgan fingerprint density at radius 3 is 2.35 bits per heavy atom. The largest absolute Gasteiger partial charge is 0.352 e. The van der Waals surface area contributed by atoms with Crippen LogP contribution in [0.2, 0.25) is 0 Å². The minimum absolute atomic E-state index is 0.0112. The zero-order chi connectivity index (χ0) is 18.4. The van der Waals surface area contributed by atoms with Crippen molar-refractivity contribution in [1.82, 2.24) is 15.5 Å². The van der Waals surface area contributed by atoms with Gasteiger partial charge in [-0.3, -0.25) is 4.79 Å². The zero-order valence-electron chi connectivity index (χ0n) is 16.0. The van der Waals surface area contributed by atoms with E-state index in [1.54, 1.807) is 0 Å². The lowest BCUT2D eigenvalue weighted by Crippen LogP contribution is -2.53. The molecule has 0 aromatic carbocycles. The molecular weight excluding hydrogens is 328 g/mol. The number of carbonyl (C=O) groups excluding carboxylic acids is 2. The molecule has 2 atom stereocenters. The lowest BCUT2D eigenvalue weighted by atomic mass is 9.83. The van der Waals surface area contributed by atoms with E-state index in [0.717, 1.165) is 32.2 Å². The quantitative estimate of drug-likeness (QED) is 0.700. The minimum Gasteiger partial charge on any atom is -0.352 e. The van der Waals surface area contributed by atoms with Gasteiger partial charge in [0.05, 0.1) is 5.92 Å². The van der Waals surface area contributed by atoms with Gasteiger partial charge in [-0.05, 0) is 44.4 Å². The van der Waals surface area contributed by atoms with Crippen LogP contribution < -0.4 is 16.4 Å². The van der Waals surface area contributed by atoms with E-state index in [2.05, 4.69) is 10.6 Å². The Morgan fingerprint density at radius 1 is 0.962 bits per heavy atom. The fourth-order valence-electron chi connectivity index (χ4n) is 4.92. The molecule has 2 unspecified atom stereocenters. The Bertz CT molecular complexity index is 472. The summed E-state index contributed by atoms with van der Waals surface area (Å²) in [6, 6.07) is 0.423. The second-order valence-corrected chi connectivity index (χ2v) is 8.46. The predicted molar refractivity (Wildman–Crippen MR) is 103 cm³/mol. The molecule has 1 heterocycles. The van der Waals surface area contributed by atoms with Crippen molar-refractivity contribution >= 4 is 11.9 Å². The monoisotopic (exact) mass is 364 g/mol. The molecule has 3 amide bonds. The Morgan fingerprint density at radius 2 is 1.65 bits per heavy atom. The summed E-state index contributed by atoms with van der Waals surface area (Å²) >= 11 is 0. The SMILES string of the molecule is NCC(NC(=O)C1CCCN(C(=O)NC2CCCC2)C1)C1CCCCC1. The molecule has 4 N–H and O–H groups in total. The number of rotatable bonds is 5. The molecule has 2 aliphatic carbocycles. The van der Waals surface area contributed by atoms with E-state index in [1.807, 2.05) is 4.90 Å². The smallest absolute Gasteiger partial charge is 0.317 e. The third-order valence-electron chi connectivity index (χ3n) is 6.56. The van der Waals surface area contributed by atoms with Crippen LogP contribution in [0.3, 0.4) is 0 Å². The number of likely N-dealkylation sites (tertiary alicyclic amines) is 1. The number of amides is 3. The maximum atomic E-state index is 12.8. The average molecular weight is 365 g/mol. The molecule has 0 spiro atoms. The van der Waals surface area contributed by atoms with Crippen LogP contribution in [0, 0.1) is 11.8 Å². The predicted octanol–water partition coefficient (Wildman–Crippen LogP) is 2.37. The van der Waals surface area contributed by atoms with E-state index in [0.29, 0.717) is 25.0 Å². The summed E-state index contributed by atoms with van der Waals surface area (Å²) < 4.78 is 0. The fraction of sp³-hybridized carbons (Fsp3) is 0.900. The van der Waals surface area contributed by atoms with E-state index in [1.165, 1.54) is 44.9 Å². The molecule has 3 fully saturated rings. The standard InChI is InChI=1S/C20H36N4O2/c21-13-18(15-7-2-1-3-8-15)23-19(25)16-9-6-12-24(14-16)20(26)22-17-10-4-5-11-17/h15-18H,1-14,21H2,(H,22,26)(H,23,25). The van der Waals surface area contributed by atoms with Crippen molar-refractivity contribution in [2.75, 3.05) is 19.6 Å². The molecule has 26 heavy (non-hydrogen) atoms. The van der Waals surface area contributed by atoms with E-state index in [-0.39, 0.29) is 23.9 Å². The maximum Gasteiger partial charge on any atom is 0.317 e. The normalized spacial score (nSPS) is 26.5. The summed E-state index contributed by atoms with van der Waals surface area (Å²) in [5, 5.41) is 6.36. The lowest BCUT2D eigenvalue weighted by Gasteiger charge is -2.35. The van der Waals surface area contributed by atoms with Crippen LogP contribution in [-0.4, -0.2) is 48.6 Å². The fourth-order valence-corrected chi connectivity index (χ4v) is 4.92. The topological polar surface area (TPSA) is 87.5 Å². The third-order valence-corrected chi connectivity index (χ3v) is 6.56. The highest BCUT2D eigenvalue weighted by Crippen LogP contribution is 2.27. The van der Waals surface area contributed by atoms with E-state index in [4.69, 9.17) is 5.73 Å². The van der Waals surface area contributed by atoms with Crippen LogP contribution in [0.5, 0.6) is 0 Å². The van der Waals surface area contributed by atoms with Crippen LogP contribution in [0.1, 0.15) is 70.6 Å². The number of hydrogen-bond donors (Lipinski definition) is 3. The van der Waals surface area contributed by atoms with Gasteiger partial charge in [0.15, 0.2) is 0 Å². The molecule has 0 aromatic heterocycles. The highest BCUT2D eigenvalue weighted by molar-refractivity contribution is 5.81. The number of hydrogen-bond acceptors (Lipinski definition) is 3. The Hall–Kier alpha value is -1.30. The first-order chi connectivity index (χ1) is 12.7. The van der Waals surface area contributed by atoms with Crippen molar-refractivity contribution in [3.8, 4) is 0 Å². The van der Waals surface area contributed by atoms with Crippen LogP contribution >= 0.6 is 0 Å². The average Bonchev–Trinajstić information content (AvgIpc) is 3.19. The molecular formula is C20H36N4O2. The first kappa shape index (κ1) is 19.5. The van der Waals surface area contributed by atoms with Crippen molar-refractivity contribution < 1.29 is 9.59 Å². The molecule has 3 rings (SSSR count). The van der Waals surface area contributed by atoms with Gasteiger partial charge in [0, 0.05) is 31.7 Å². The van der Waals surface area contributed by atoms with Crippen molar-refractivity contribution in [3.05, 3.63) is 0 Å². The van der Waals surface area contributed by atoms with Crippen LogP contribution in [0.4, 0.5) is 4.79 Å². The number of nitrogens with zero attached hydrogens (tertiary/aromatic N) is 1. The van der Waals surface area contributed by atoms with Gasteiger partial charge in [-0.2, -0.15) is 0 Å². The summed E-state index contributed by atoms with van der Waals surface area (Å²) in [6.07, 6.45) is 12.5. The van der Waals surface area contributed by atoms with Gasteiger partial charge in [-0.25, -0.2) is 4.79 Å². The highest BCUT2D eigenvalue weighted by atomic mass is 16.2. The molecule has 0 aromatic rings. The molecule has 6 nitrogen and oxygen atoms in total. The van der Waals surface area contributed by atoms with Gasteiger partial charge in [0.2, 0.25) is 5.91 Å². The lowest BCUT2D eigenvalue weighted by molar-refractivity contribution is -0.127. The molecule has 1 aliphatic heterocycles. The van der Waals surface area contributed by atoms with Crippen molar-refractivity contribution in [2.24, 2.45) is 17.6 Å². The van der Waals surface area contributed by atoms with Crippen LogP contribution in [0.25, 0.3) is 0 Å². The Kier molecular flexibility index (Phi) is 7.17. The van der Waals surface area contributed by atoms with Gasteiger partial charge < -0.3 is 21.3 Å². The van der Waals surface area contributed by atoms with E-state index in [9.17, 15) is 9.59 Å². The third kappa shape index (κ3) is 5.12. The number of nitrogens with two attached hydrogens (primary N) is 1. The molecule has 148 valence electrons.